The molecule has 1 heterocycles. The molecule has 1 aliphatic rings. The Morgan fingerprint density at radius 2 is 1.80 bits per heavy atom. The van der Waals surface area contributed by atoms with Crippen molar-refractivity contribution in [2.75, 3.05) is 6.61 Å². The molecule has 2 aromatic rings. The van der Waals surface area contributed by atoms with Crippen molar-refractivity contribution in [2.24, 2.45) is 5.92 Å². The molecule has 0 aliphatic carbocycles. The van der Waals surface area contributed by atoms with E-state index >= 15 is 0 Å². The smallest absolute Gasteiger partial charge is 0.266 e. The highest BCUT2D eigenvalue weighted by atomic mass is 32.1. The quantitative estimate of drug-likeness (QED) is 0.838. The van der Waals surface area contributed by atoms with Crippen molar-refractivity contribution in [3.05, 3.63) is 71.8 Å². The summed E-state index contributed by atoms with van der Waals surface area (Å²) < 4.78 is 5.46. The number of ether oxygens (including phenoxy) is 1. The summed E-state index contributed by atoms with van der Waals surface area (Å²) in [5.74, 6) is -0.819. The number of carbonyl (C=O) groups is 1. The molecule has 1 amide bonds. The van der Waals surface area contributed by atoms with Crippen LogP contribution in [0.4, 0.5) is 0 Å². The molecule has 1 aliphatic heterocycles. The highest BCUT2D eigenvalue weighted by molar-refractivity contribution is 7.80. The molecule has 25 heavy (non-hydrogen) atoms. The maximum absolute atomic E-state index is 13.0. The number of thiocarbonyl (C=S) groups is 1. The fraction of sp³-hybridized carbons (Fsp3) is 0.300. The Bertz CT molecular complexity index is 735. The predicted octanol–water partition coefficient (Wildman–Crippen LogP) is 3.11. The third kappa shape index (κ3) is 3.89. The average Bonchev–Trinajstić information content (AvgIpc) is 3.01. The minimum absolute atomic E-state index is 0.146. The summed E-state index contributed by atoms with van der Waals surface area (Å²) in [4.78, 5) is 14.5. The van der Waals surface area contributed by atoms with Crippen molar-refractivity contribution >= 4 is 23.3 Å². The molecule has 0 bridgehead atoms. The number of aliphatic hydroxyl groups excluding tert-OH is 1. The third-order valence-corrected chi connectivity index (χ3v) is 4.83. The largest absolute Gasteiger partial charge is 0.468 e. The molecule has 3 rings (SSSR count). The van der Waals surface area contributed by atoms with Crippen LogP contribution in [-0.4, -0.2) is 33.7 Å². The summed E-state index contributed by atoms with van der Waals surface area (Å²) >= 11 is 5.23. The zero-order valence-corrected chi connectivity index (χ0v) is 14.9. The van der Waals surface area contributed by atoms with Gasteiger partial charge in [-0.15, -0.1) is 0 Å². The Hall–Kier alpha value is -2.24. The van der Waals surface area contributed by atoms with Gasteiger partial charge in [0.1, 0.15) is 6.61 Å². The first kappa shape index (κ1) is 17.6. The second-order valence-corrected chi connectivity index (χ2v) is 6.62. The van der Waals surface area contributed by atoms with Crippen molar-refractivity contribution in [3.8, 4) is 0 Å². The Balaban J connectivity index is 1.75. The van der Waals surface area contributed by atoms with Crippen LogP contribution < -0.4 is 0 Å². The molecule has 3 atom stereocenters. The van der Waals surface area contributed by atoms with Crippen LogP contribution in [0.1, 0.15) is 24.2 Å². The van der Waals surface area contributed by atoms with E-state index in [1.165, 1.54) is 4.90 Å². The van der Waals surface area contributed by atoms with Crippen LogP contribution in [0.25, 0.3) is 0 Å². The van der Waals surface area contributed by atoms with Crippen LogP contribution in [0.2, 0.25) is 0 Å². The van der Waals surface area contributed by atoms with Gasteiger partial charge in [0.25, 0.3) is 5.17 Å². The fourth-order valence-electron chi connectivity index (χ4n) is 3.06. The average molecular weight is 355 g/mol. The van der Waals surface area contributed by atoms with Crippen LogP contribution in [-0.2, 0) is 16.0 Å². The Kier molecular flexibility index (Phi) is 5.46. The van der Waals surface area contributed by atoms with Gasteiger partial charge in [0.05, 0.1) is 18.1 Å². The van der Waals surface area contributed by atoms with E-state index in [9.17, 15) is 9.90 Å². The van der Waals surface area contributed by atoms with Crippen LogP contribution in [0.3, 0.4) is 0 Å². The molecule has 0 saturated carbocycles. The van der Waals surface area contributed by atoms with Gasteiger partial charge < -0.3 is 9.84 Å². The SMILES string of the molecule is C[C@H](C(=O)N1C(=S)OC[C@@H]1Cc1ccccc1)[C@H](O)c1ccccc1. The van der Waals surface area contributed by atoms with E-state index in [0.29, 0.717) is 18.6 Å². The van der Waals surface area contributed by atoms with E-state index < -0.39 is 12.0 Å². The molecule has 4 nitrogen and oxygen atoms in total. The Morgan fingerprint density at radius 3 is 2.44 bits per heavy atom. The second kappa shape index (κ2) is 7.76. The van der Waals surface area contributed by atoms with Crippen LogP contribution >= 0.6 is 12.2 Å². The molecule has 130 valence electrons. The first-order valence-corrected chi connectivity index (χ1v) is 8.75. The molecule has 0 radical (unpaired) electrons. The first-order chi connectivity index (χ1) is 12.1. The third-order valence-electron chi connectivity index (χ3n) is 4.52. The highest BCUT2D eigenvalue weighted by Crippen LogP contribution is 2.27. The van der Waals surface area contributed by atoms with Crippen molar-refractivity contribution < 1.29 is 14.6 Å². The number of amides is 1. The maximum Gasteiger partial charge on any atom is 0.266 e. The van der Waals surface area contributed by atoms with E-state index in [4.69, 9.17) is 17.0 Å². The standard InChI is InChI=1S/C20H21NO3S/c1-14(18(22)16-10-6-3-7-11-16)19(23)21-17(13-24-20(21)25)12-15-8-4-2-5-9-15/h2-11,14,17-18,22H,12-13H2,1H3/t14-,17-,18-/m0/s1. The molecule has 2 aromatic carbocycles. The van der Waals surface area contributed by atoms with E-state index in [2.05, 4.69) is 0 Å². The molecule has 1 saturated heterocycles. The summed E-state index contributed by atoms with van der Waals surface area (Å²) in [5, 5.41) is 10.7. The van der Waals surface area contributed by atoms with Gasteiger partial charge in [-0.05, 0) is 29.8 Å². The Labute approximate surface area is 153 Å². The molecule has 0 unspecified atom stereocenters. The zero-order chi connectivity index (χ0) is 17.8. The molecular formula is C20H21NO3S. The summed E-state index contributed by atoms with van der Waals surface area (Å²) in [5.41, 5.74) is 1.84. The van der Waals surface area contributed by atoms with Crippen LogP contribution in [0.15, 0.2) is 60.7 Å². The molecule has 0 spiro atoms. The van der Waals surface area contributed by atoms with Crippen LogP contribution in [0.5, 0.6) is 0 Å². The lowest BCUT2D eigenvalue weighted by molar-refractivity contribution is -0.135. The zero-order valence-electron chi connectivity index (χ0n) is 14.0. The van der Waals surface area contributed by atoms with E-state index in [-0.39, 0.29) is 17.1 Å². The lowest BCUT2D eigenvalue weighted by Gasteiger charge is -2.27. The normalized spacial score (nSPS) is 19.4. The second-order valence-electron chi connectivity index (χ2n) is 6.27. The molecular weight excluding hydrogens is 334 g/mol. The van der Waals surface area contributed by atoms with Gasteiger partial charge in [-0.2, -0.15) is 0 Å². The molecule has 0 aromatic heterocycles. The minimum atomic E-state index is -0.880. The molecule has 1 fully saturated rings. The van der Waals surface area contributed by atoms with Gasteiger partial charge in [-0.1, -0.05) is 67.6 Å². The number of benzene rings is 2. The van der Waals surface area contributed by atoms with Crippen molar-refractivity contribution in [1.82, 2.24) is 4.90 Å². The van der Waals surface area contributed by atoms with Gasteiger partial charge in [0.15, 0.2) is 0 Å². The van der Waals surface area contributed by atoms with Crippen LogP contribution in [0, 0.1) is 5.92 Å². The molecule has 5 heteroatoms. The number of hydrogen-bond donors (Lipinski definition) is 1. The van der Waals surface area contributed by atoms with Gasteiger partial charge in [0, 0.05) is 0 Å². The monoisotopic (exact) mass is 355 g/mol. The highest BCUT2D eigenvalue weighted by Gasteiger charge is 2.39. The lowest BCUT2D eigenvalue weighted by Crippen LogP contribution is -2.44. The number of aliphatic hydroxyl groups is 1. The lowest BCUT2D eigenvalue weighted by atomic mass is 9.95. The summed E-state index contributed by atoms with van der Waals surface area (Å²) in [6.45, 7) is 2.11. The van der Waals surface area contributed by atoms with Gasteiger partial charge >= 0.3 is 0 Å². The number of carbonyl (C=O) groups excluding carboxylic acids is 1. The number of nitrogens with zero attached hydrogens (tertiary/aromatic N) is 1. The predicted molar refractivity (Wildman–Crippen MR) is 99.9 cm³/mol. The van der Waals surface area contributed by atoms with E-state index in [0.717, 1.165) is 5.56 Å². The van der Waals surface area contributed by atoms with Crippen molar-refractivity contribution in [1.29, 1.82) is 0 Å². The van der Waals surface area contributed by atoms with Gasteiger partial charge in [-0.25, -0.2) is 0 Å². The number of rotatable bonds is 5. The minimum Gasteiger partial charge on any atom is -0.468 e. The Morgan fingerprint density at radius 1 is 1.20 bits per heavy atom. The van der Waals surface area contributed by atoms with E-state index in [1.807, 2.05) is 60.7 Å². The van der Waals surface area contributed by atoms with Gasteiger partial charge in [0.2, 0.25) is 5.91 Å². The topological polar surface area (TPSA) is 49.8 Å². The summed E-state index contributed by atoms with van der Waals surface area (Å²) in [6, 6.07) is 19.0. The molecule has 1 N–H and O–H groups in total. The van der Waals surface area contributed by atoms with Crippen molar-refractivity contribution in [3.63, 3.8) is 0 Å². The number of hydrogen-bond acceptors (Lipinski definition) is 4. The van der Waals surface area contributed by atoms with E-state index in [1.54, 1.807) is 6.92 Å². The van der Waals surface area contributed by atoms with Crippen molar-refractivity contribution in [2.45, 2.75) is 25.5 Å². The maximum atomic E-state index is 13.0. The summed E-state index contributed by atoms with van der Waals surface area (Å²) in [6.07, 6.45) is -0.213. The fourth-order valence-corrected chi connectivity index (χ4v) is 3.37. The van der Waals surface area contributed by atoms with Gasteiger partial charge in [-0.3, -0.25) is 9.69 Å². The summed E-state index contributed by atoms with van der Waals surface area (Å²) in [7, 11) is 0. The first-order valence-electron chi connectivity index (χ1n) is 8.34.